The molecule has 0 saturated heterocycles. The maximum Gasteiger partial charge on any atom is 0.244 e. The molecule has 9 nitrogen and oxygen atoms in total. The number of anilines is 1. The first kappa shape index (κ1) is 31.2. The van der Waals surface area contributed by atoms with Crippen LogP contribution in [0.15, 0.2) is 72.8 Å². The van der Waals surface area contributed by atoms with Crippen molar-refractivity contribution in [2.24, 2.45) is 0 Å². The molecule has 1 N–H and O–H groups in total. The predicted octanol–water partition coefficient (Wildman–Crippen LogP) is 4.78. The SMILES string of the molecule is CCCCNC(=O)[C@H](Cc1ccccc1)N(Cc1cccc(Cl)c1)C(=O)CN(c1ccc2c(c1)OCO2)S(=O)(=O)CC. The molecule has 11 heteroatoms. The molecular formula is C31H36ClN3O6S. The summed E-state index contributed by atoms with van der Waals surface area (Å²) in [6.45, 7) is 3.58. The molecule has 4 rings (SSSR count). The van der Waals surface area contributed by atoms with Gasteiger partial charge in [-0.1, -0.05) is 67.4 Å². The van der Waals surface area contributed by atoms with Crippen molar-refractivity contribution in [1.82, 2.24) is 10.2 Å². The highest BCUT2D eigenvalue weighted by atomic mass is 35.5. The van der Waals surface area contributed by atoms with Crippen molar-refractivity contribution in [3.63, 3.8) is 0 Å². The quantitative estimate of drug-likeness (QED) is 0.262. The van der Waals surface area contributed by atoms with E-state index in [1.807, 2.05) is 43.3 Å². The minimum absolute atomic E-state index is 0.0277. The molecule has 1 atom stereocenters. The topological polar surface area (TPSA) is 105 Å². The molecule has 3 aromatic carbocycles. The van der Waals surface area contributed by atoms with Gasteiger partial charge in [-0.3, -0.25) is 13.9 Å². The summed E-state index contributed by atoms with van der Waals surface area (Å²) >= 11 is 6.26. The first-order valence-electron chi connectivity index (χ1n) is 14.0. The smallest absolute Gasteiger partial charge is 0.244 e. The number of nitrogens with zero attached hydrogens (tertiary/aromatic N) is 2. The Hall–Kier alpha value is -3.76. The summed E-state index contributed by atoms with van der Waals surface area (Å²) in [5.41, 5.74) is 1.85. The van der Waals surface area contributed by atoms with E-state index in [-0.39, 0.29) is 37.1 Å². The maximum absolute atomic E-state index is 14.2. The normalized spacial score (nSPS) is 12.9. The summed E-state index contributed by atoms with van der Waals surface area (Å²) < 4.78 is 38.5. The highest BCUT2D eigenvalue weighted by Crippen LogP contribution is 2.36. The van der Waals surface area contributed by atoms with Crippen molar-refractivity contribution in [1.29, 1.82) is 0 Å². The van der Waals surface area contributed by atoms with Crippen molar-refractivity contribution >= 4 is 39.1 Å². The molecule has 1 aliphatic rings. The molecule has 0 radical (unpaired) electrons. The second-order valence-corrected chi connectivity index (χ2v) is 12.6. The number of sulfonamides is 1. The Morgan fingerprint density at radius 1 is 0.952 bits per heavy atom. The van der Waals surface area contributed by atoms with E-state index in [1.165, 1.54) is 11.8 Å². The van der Waals surface area contributed by atoms with Crippen molar-refractivity contribution in [3.05, 3.63) is 88.9 Å². The van der Waals surface area contributed by atoms with Crippen LogP contribution in [-0.4, -0.2) is 56.8 Å². The van der Waals surface area contributed by atoms with Gasteiger partial charge in [-0.25, -0.2) is 8.42 Å². The largest absolute Gasteiger partial charge is 0.454 e. The second-order valence-electron chi connectivity index (χ2n) is 9.95. The highest BCUT2D eigenvalue weighted by Gasteiger charge is 2.34. The van der Waals surface area contributed by atoms with Gasteiger partial charge in [-0.15, -0.1) is 0 Å². The number of carbonyl (C=O) groups excluding carboxylic acids is 2. The lowest BCUT2D eigenvalue weighted by atomic mass is 10.0. The van der Waals surface area contributed by atoms with E-state index in [4.69, 9.17) is 21.1 Å². The number of halogens is 1. The lowest BCUT2D eigenvalue weighted by molar-refractivity contribution is -0.140. The van der Waals surface area contributed by atoms with Gasteiger partial charge >= 0.3 is 0 Å². The molecule has 0 spiro atoms. The van der Waals surface area contributed by atoms with Gasteiger partial charge in [0.05, 0.1) is 11.4 Å². The Morgan fingerprint density at radius 3 is 2.40 bits per heavy atom. The average Bonchev–Trinajstić information content (AvgIpc) is 3.46. The zero-order valence-corrected chi connectivity index (χ0v) is 25.4. The Balaban J connectivity index is 1.73. The van der Waals surface area contributed by atoms with Crippen LogP contribution in [0.5, 0.6) is 11.5 Å². The molecule has 0 fully saturated rings. The molecule has 1 aliphatic heterocycles. The van der Waals surface area contributed by atoms with E-state index in [0.717, 1.165) is 22.7 Å². The van der Waals surface area contributed by atoms with Crippen molar-refractivity contribution in [2.45, 2.75) is 45.7 Å². The van der Waals surface area contributed by atoms with E-state index in [9.17, 15) is 18.0 Å². The zero-order chi connectivity index (χ0) is 30.1. The maximum atomic E-state index is 14.2. The number of rotatable bonds is 14. The molecule has 224 valence electrons. The van der Waals surface area contributed by atoms with Crippen LogP contribution in [-0.2, 0) is 32.6 Å². The van der Waals surface area contributed by atoms with E-state index >= 15 is 0 Å². The number of hydrogen-bond donors (Lipinski definition) is 1. The van der Waals surface area contributed by atoms with E-state index in [0.29, 0.717) is 28.6 Å². The van der Waals surface area contributed by atoms with Gasteiger partial charge in [-0.05, 0) is 48.7 Å². The fourth-order valence-corrected chi connectivity index (χ4v) is 5.92. The van der Waals surface area contributed by atoms with Gasteiger partial charge < -0.3 is 19.7 Å². The van der Waals surface area contributed by atoms with E-state index < -0.39 is 28.5 Å². The van der Waals surface area contributed by atoms with Crippen molar-refractivity contribution in [2.75, 3.05) is 29.9 Å². The second kappa shape index (κ2) is 14.4. The van der Waals surface area contributed by atoms with Crippen LogP contribution in [0, 0.1) is 0 Å². The van der Waals surface area contributed by atoms with Crippen LogP contribution in [0.3, 0.4) is 0 Å². The number of ether oxygens (including phenoxy) is 2. The van der Waals surface area contributed by atoms with Crippen LogP contribution < -0.4 is 19.1 Å². The first-order chi connectivity index (χ1) is 20.2. The zero-order valence-electron chi connectivity index (χ0n) is 23.8. The van der Waals surface area contributed by atoms with Gasteiger partial charge in [0.15, 0.2) is 11.5 Å². The molecule has 0 aliphatic carbocycles. The van der Waals surface area contributed by atoms with Gasteiger partial charge in [0.25, 0.3) is 0 Å². The first-order valence-corrected chi connectivity index (χ1v) is 16.0. The lowest BCUT2D eigenvalue weighted by Crippen LogP contribution is -2.53. The third-order valence-electron chi connectivity index (χ3n) is 6.97. The van der Waals surface area contributed by atoms with Crippen LogP contribution >= 0.6 is 11.6 Å². The van der Waals surface area contributed by atoms with Gasteiger partial charge in [0.1, 0.15) is 12.6 Å². The Kier molecular flexibility index (Phi) is 10.7. The lowest BCUT2D eigenvalue weighted by Gasteiger charge is -2.34. The number of benzene rings is 3. The minimum Gasteiger partial charge on any atom is -0.454 e. The summed E-state index contributed by atoms with van der Waals surface area (Å²) in [6.07, 6.45) is 1.93. The minimum atomic E-state index is -3.89. The fraction of sp³-hybridized carbons (Fsp3) is 0.355. The van der Waals surface area contributed by atoms with Crippen molar-refractivity contribution < 1.29 is 27.5 Å². The van der Waals surface area contributed by atoms with E-state index in [2.05, 4.69) is 5.32 Å². The molecule has 0 bridgehead atoms. The predicted molar refractivity (Wildman–Crippen MR) is 163 cm³/mol. The Labute approximate surface area is 252 Å². The van der Waals surface area contributed by atoms with Gasteiger partial charge in [0, 0.05) is 30.6 Å². The Bertz CT molecular complexity index is 1480. The standard InChI is InChI=1S/C31H36ClN3O6S/c1-3-5-16-33-31(37)27(18-23-10-7-6-8-11-23)34(20-24-12-9-13-25(32)17-24)30(36)21-35(42(38,39)4-2)26-14-15-28-29(19-26)41-22-40-28/h6-15,17,19,27H,3-5,16,18,20-22H2,1-2H3,(H,33,37)/t27-/m0/s1. The number of hydrogen-bond acceptors (Lipinski definition) is 6. The van der Waals surface area contributed by atoms with Crippen LogP contribution in [0.25, 0.3) is 0 Å². The molecule has 3 aromatic rings. The molecule has 42 heavy (non-hydrogen) atoms. The van der Waals surface area contributed by atoms with E-state index in [1.54, 1.807) is 36.4 Å². The molecular weight excluding hydrogens is 578 g/mol. The molecule has 1 heterocycles. The fourth-order valence-electron chi connectivity index (χ4n) is 4.65. The number of nitrogens with one attached hydrogen (secondary N) is 1. The summed E-state index contributed by atoms with van der Waals surface area (Å²) in [7, 11) is -3.89. The number of amides is 2. The van der Waals surface area contributed by atoms with Crippen LogP contribution in [0.1, 0.15) is 37.8 Å². The summed E-state index contributed by atoms with van der Waals surface area (Å²) in [5, 5.41) is 3.46. The molecule has 2 amide bonds. The third-order valence-corrected chi connectivity index (χ3v) is 8.94. The number of unbranched alkanes of at least 4 members (excludes halogenated alkanes) is 1. The van der Waals surface area contributed by atoms with Crippen LogP contribution in [0.4, 0.5) is 5.69 Å². The Morgan fingerprint density at radius 2 is 1.69 bits per heavy atom. The highest BCUT2D eigenvalue weighted by molar-refractivity contribution is 7.92. The molecule has 0 aromatic heterocycles. The summed E-state index contributed by atoms with van der Waals surface area (Å²) in [4.78, 5) is 29.3. The summed E-state index contributed by atoms with van der Waals surface area (Å²) in [6, 6.07) is 20.3. The van der Waals surface area contributed by atoms with Crippen molar-refractivity contribution in [3.8, 4) is 11.5 Å². The monoisotopic (exact) mass is 613 g/mol. The average molecular weight is 614 g/mol. The number of fused-ring (bicyclic) bond motifs is 1. The number of carbonyl (C=O) groups is 2. The summed E-state index contributed by atoms with van der Waals surface area (Å²) in [5.74, 6) is -0.182. The molecule has 0 saturated carbocycles. The van der Waals surface area contributed by atoms with Crippen LogP contribution in [0.2, 0.25) is 5.02 Å². The van der Waals surface area contributed by atoms with Gasteiger partial charge in [0.2, 0.25) is 28.6 Å². The molecule has 0 unspecified atom stereocenters. The third kappa shape index (κ3) is 7.95. The van der Waals surface area contributed by atoms with Gasteiger partial charge in [-0.2, -0.15) is 0 Å².